The Morgan fingerprint density at radius 3 is 2.65 bits per heavy atom. The summed E-state index contributed by atoms with van der Waals surface area (Å²) in [5.41, 5.74) is 0. The number of hydrogen-bond acceptors (Lipinski definition) is 5. The van der Waals surface area contributed by atoms with Gasteiger partial charge in [0, 0.05) is 13.0 Å². The van der Waals surface area contributed by atoms with Crippen molar-refractivity contribution >= 4 is 0 Å². The topological polar surface area (TPSA) is 79.2 Å². The van der Waals surface area contributed by atoms with Gasteiger partial charge in [0.05, 0.1) is 12.7 Å². The monoisotopic (exact) mass is 248 g/mol. The van der Waals surface area contributed by atoms with E-state index in [1.165, 1.54) is 12.8 Å². The van der Waals surface area contributed by atoms with Gasteiger partial charge in [0.2, 0.25) is 0 Å². The van der Waals surface area contributed by atoms with E-state index in [0.29, 0.717) is 6.61 Å². The van der Waals surface area contributed by atoms with Crippen molar-refractivity contribution in [3.05, 3.63) is 0 Å². The second kappa shape index (κ2) is 8.00. The second-order valence-corrected chi connectivity index (χ2v) is 4.51. The zero-order valence-corrected chi connectivity index (χ0v) is 10.4. The van der Waals surface area contributed by atoms with Crippen LogP contribution in [0.3, 0.4) is 0 Å². The number of aliphatic hydroxyl groups excluding tert-OH is 3. The van der Waals surface area contributed by atoms with E-state index in [4.69, 9.17) is 14.6 Å². The van der Waals surface area contributed by atoms with Crippen molar-refractivity contribution < 1.29 is 24.8 Å². The lowest BCUT2D eigenvalue weighted by atomic mass is 10.0. The van der Waals surface area contributed by atoms with Gasteiger partial charge in [-0.05, 0) is 6.42 Å². The number of rotatable bonds is 7. The van der Waals surface area contributed by atoms with Gasteiger partial charge in [-0.15, -0.1) is 0 Å². The second-order valence-electron chi connectivity index (χ2n) is 4.51. The fourth-order valence-electron chi connectivity index (χ4n) is 1.92. The van der Waals surface area contributed by atoms with Crippen molar-refractivity contribution in [2.24, 2.45) is 0 Å². The molecule has 0 bridgehead atoms. The average Bonchev–Trinajstić information content (AvgIpc) is 2.33. The molecule has 1 fully saturated rings. The summed E-state index contributed by atoms with van der Waals surface area (Å²) < 4.78 is 10.8. The fourth-order valence-corrected chi connectivity index (χ4v) is 1.92. The molecule has 1 heterocycles. The number of aliphatic hydroxyl groups is 3. The molecule has 5 nitrogen and oxygen atoms in total. The molecule has 4 unspecified atom stereocenters. The van der Waals surface area contributed by atoms with E-state index < -0.39 is 24.6 Å². The lowest BCUT2D eigenvalue weighted by Gasteiger charge is -2.36. The van der Waals surface area contributed by atoms with Gasteiger partial charge in [-0.2, -0.15) is 0 Å². The quantitative estimate of drug-likeness (QED) is 0.569. The van der Waals surface area contributed by atoms with Crippen molar-refractivity contribution in [1.29, 1.82) is 0 Å². The van der Waals surface area contributed by atoms with E-state index in [2.05, 4.69) is 6.92 Å². The van der Waals surface area contributed by atoms with Crippen molar-refractivity contribution in [2.45, 2.75) is 63.6 Å². The van der Waals surface area contributed by atoms with Gasteiger partial charge in [-0.3, -0.25) is 0 Å². The standard InChI is InChI=1S/C12H24O5/c1-2-3-4-5-6-16-11-7-9(14)12(15)10(8-13)17-11/h9-15H,2-8H2,1H3. The lowest BCUT2D eigenvalue weighted by Crippen LogP contribution is -2.50. The lowest BCUT2D eigenvalue weighted by molar-refractivity contribution is -0.256. The molecule has 0 amide bonds. The van der Waals surface area contributed by atoms with Gasteiger partial charge in [0.15, 0.2) is 6.29 Å². The normalized spacial score (nSPS) is 33.9. The van der Waals surface area contributed by atoms with Crippen LogP contribution < -0.4 is 0 Å². The molecule has 17 heavy (non-hydrogen) atoms. The highest BCUT2D eigenvalue weighted by atomic mass is 16.7. The summed E-state index contributed by atoms with van der Waals surface area (Å²) in [6.07, 6.45) is 1.53. The summed E-state index contributed by atoms with van der Waals surface area (Å²) in [5, 5.41) is 28.1. The van der Waals surface area contributed by atoms with Crippen molar-refractivity contribution in [3.8, 4) is 0 Å². The molecular formula is C12H24O5. The maximum Gasteiger partial charge on any atom is 0.160 e. The molecule has 3 N–H and O–H groups in total. The van der Waals surface area contributed by atoms with Crippen LogP contribution in [0.2, 0.25) is 0 Å². The Morgan fingerprint density at radius 1 is 1.24 bits per heavy atom. The Bertz CT molecular complexity index is 199. The molecule has 0 aromatic carbocycles. The van der Waals surface area contributed by atoms with E-state index in [1.54, 1.807) is 0 Å². The van der Waals surface area contributed by atoms with Crippen LogP contribution in [0, 0.1) is 0 Å². The summed E-state index contributed by atoms with van der Waals surface area (Å²) in [6.45, 7) is 2.42. The predicted octanol–water partition coefficient (Wildman–Crippen LogP) is 0.412. The first-order valence-corrected chi connectivity index (χ1v) is 6.43. The molecule has 1 aliphatic rings. The highest BCUT2D eigenvalue weighted by Gasteiger charge is 2.36. The van der Waals surface area contributed by atoms with Crippen molar-refractivity contribution in [2.75, 3.05) is 13.2 Å². The Hall–Kier alpha value is -0.200. The van der Waals surface area contributed by atoms with Crippen LogP contribution in [-0.2, 0) is 9.47 Å². The highest BCUT2D eigenvalue weighted by Crippen LogP contribution is 2.21. The van der Waals surface area contributed by atoms with Crippen LogP contribution in [0.25, 0.3) is 0 Å². The Morgan fingerprint density at radius 2 is 2.00 bits per heavy atom. The molecule has 102 valence electrons. The van der Waals surface area contributed by atoms with Crippen LogP contribution in [0.4, 0.5) is 0 Å². The third-order valence-electron chi connectivity index (χ3n) is 3.02. The van der Waals surface area contributed by atoms with E-state index in [0.717, 1.165) is 12.8 Å². The largest absolute Gasteiger partial charge is 0.394 e. The summed E-state index contributed by atoms with van der Waals surface area (Å²) in [6, 6.07) is 0. The highest BCUT2D eigenvalue weighted by molar-refractivity contribution is 4.82. The minimum atomic E-state index is -1.03. The van der Waals surface area contributed by atoms with Gasteiger partial charge in [0.25, 0.3) is 0 Å². The summed E-state index contributed by atoms with van der Waals surface area (Å²) in [7, 11) is 0. The Balaban J connectivity index is 2.20. The van der Waals surface area contributed by atoms with Gasteiger partial charge in [-0.25, -0.2) is 0 Å². The van der Waals surface area contributed by atoms with Crippen molar-refractivity contribution in [1.82, 2.24) is 0 Å². The third kappa shape index (κ3) is 4.89. The van der Waals surface area contributed by atoms with E-state index in [1.807, 2.05) is 0 Å². The molecule has 4 atom stereocenters. The first kappa shape index (κ1) is 14.9. The smallest absolute Gasteiger partial charge is 0.160 e. The molecule has 0 spiro atoms. The first-order valence-electron chi connectivity index (χ1n) is 6.43. The molecule has 1 aliphatic heterocycles. The van der Waals surface area contributed by atoms with Gasteiger partial charge in [-0.1, -0.05) is 26.2 Å². The molecule has 0 radical (unpaired) electrons. The fraction of sp³-hybridized carbons (Fsp3) is 1.00. The van der Waals surface area contributed by atoms with Crippen LogP contribution in [0.15, 0.2) is 0 Å². The maximum absolute atomic E-state index is 9.57. The average molecular weight is 248 g/mol. The first-order chi connectivity index (χ1) is 8.19. The number of unbranched alkanes of at least 4 members (excludes halogenated alkanes) is 3. The molecule has 1 saturated heterocycles. The molecule has 0 aromatic rings. The molecular weight excluding hydrogens is 224 g/mol. The SMILES string of the molecule is CCCCCCOC1CC(O)C(O)C(CO)O1. The zero-order valence-electron chi connectivity index (χ0n) is 10.4. The van der Waals surface area contributed by atoms with Crippen molar-refractivity contribution in [3.63, 3.8) is 0 Å². The number of ether oxygens (including phenoxy) is 2. The molecule has 0 aromatic heterocycles. The number of hydrogen-bond donors (Lipinski definition) is 3. The van der Waals surface area contributed by atoms with Crippen LogP contribution in [-0.4, -0.2) is 53.1 Å². The third-order valence-corrected chi connectivity index (χ3v) is 3.02. The molecule has 0 aliphatic carbocycles. The summed E-state index contributed by atoms with van der Waals surface area (Å²) in [5.74, 6) is 0. The van der Waals surface area contributed by atoms with E-state index in [-0.39, 0.29) is 13.0 Å². The predicted molar refractivity (Wildman–Crippen MR) is 62.5 cm³/mol. The maximum atomic E-state index is 9.57. The van der Waals surface area contributed by atoms with E-state index >= 15 is 0 Å². The minimum absolute atomic E-state index is 0.255. The van der Waals surface area contributed by atoms with Gasteiger partial charge >= 0.3 is 0 Å². The molecule has 5 heteroatoms. The van der Waals surface area contributed by atoms with Gasteiger partial charge < -0.3 is 24.8 Å². The summed E-state index contributed by atoms with van der Waals surface area (Å²) >= 11 is 0. The van der Waals surface area contributed by atoms with Crippen LogP contribution in [0.5, 0.6) is 0 Å². The summed E-state index contributed by atoms with van der Waals surface area (Å²) in [4.78, 5) is 0. The zero-order chi connectivity index (χ0) is 12.7. The molecule has 1 rings (SSSR count). The van der Waals surface area contributed by atoms with E-state index in [9.17, 15) is 10.2 Å². The van der Waals surface area contributed by atoms with Crippen LogP contribution in [0.1, 0.15) is 39.0 Å². The Labute approximate surface area is 102 Å². The Kier molecular flexibility index (Phi) is 6.99. The molecule has 0 saturated carbocycles. The minimum Gasteiger partial charge on any atom is -0.394 e. The van der Waals surface area contributed by atoms with Gasteiger partial charge in [0.1, 0.15) is 12.2 Å². The van der Waals surface area contributed by atoms with Crippen LogP contribution >= 0.6 is 0 Å².